The van der Waals surface area contributed by atoms with Crippen LogP contribution in [0.15, 0.2) is 5.18 Å². The fraction of sp³-hybridized carbons (Fsp3) is 0.500. The number of hydrogen-bond donors (Lipinski definition) is 2. The second kappa shape index (κ2) is 3.67. The summed E-state index contributed by atoms with van der Waals surface area (Å²) in [6, 6.07) is -1.51. The average molecular weight is 145 g/mol. The van der Waals surface area contributed by atoms with Crippen LogP contribution in [0.3, 0.4) is 0 Å². The lowest BCUT2D eigenvalue weighted by atomic mass is 10.2. The predicted octanol–water partition coefficient (Wildman–Crippen LogP) is -1.30. The molecule has 0 aliphatic carbocycles. The van der Waals surface area contributed by atoms with Gasteiger partial charge in [0, 0.05) is 0 Å². The molecule has 0 heterocycles. The Hall–Kier alpha value is -1.30. The Balaban J connectivity index is 4.20. The molecular weight excluding hydrogens is 138 g/mol. The van der Waals surface area contributed by atoms with Crippen molar-refractivity contribution in [1.82, 2.24) is 5.43 Å². The standard InChI is InChI=1S/C4H7N3O3/c1-2(8)3(7-10)4(9)6-5/h3H,5H2,1H3,(H,6,9). The third kappa shape index (κ3) is 1.90. The molecule has 0 aliphatic rings. The van der Waals surface area contributed by atoms with Crippen LogP contribution in [0.25, 0.3) is 0 Å². The van der Waals surface area contributed by atoms with E-state index in [0.717, 1.165) is 6.92 Å². The van der Waals surface area contributed by atoms with Crippen LogP contribution < -0.4 is 11.3 Å². The summed E-state index contributed by atoms with van der Waals surface area (Å²) in [6.45, 7) is 1.08. The lowest BCUT2D eigenvalue weighted by Crippen LogP contribution is -2.41. The van der Waals surface area contributed by atoms with Crippen molar-refractivity contribution in [3.05, 3.63) is 4.91 Å². The first-order chi connectivity index (χ1) is 4.63. The number of Topliss-reactive ketones (excluding diaryl/α,β-unsaturated/α-hetero) is 1. The van der Waals surface area contributed by atoms with Crippen molar-refractivity contribution >= 4 is 11.7 Å². The maximum absolute atomic E-state index is 10.4. The van der Waals surface area contributed by atoms with Crippen LogP contribution in [0.4, 0.5) is 0 Å². The Labute approximate surface area is 56.7 Å². The Morgan fingerprint density at radius 1 is 1.60 bits per heavy atom. The summed E-state index contributed by atoms with van der Waals surface area (Å²) in [5.74, 6) is 3.12. The molecule has 6 heteroatoms. The Morgan fingerprint density at radius 2 is 2.10 bits per heavy atom. The van der Waals surface area contributed by atoms with E-state index in [1.165, 1.54) is 0 Å². The van der Waals surface area contributed by atoms with Gasteiger partial charge in [0.2, 0.25) is 6.04 Å². The fourth-order valence-corrected chi connectivity index (χ4v) is 0.386. The monoisotopic (exact) mass is 145 g/mol. The topological polar surface area (TPSA) is 102 Å². The zero-order valence-corrected chi connectivity index (χ0v) is 5.33. The van der Waals surface area contributed by atoms with Crippen molar-refractivity contribution in [3.8, 4) is 0 Å². The summed E-state index contributed by atoms with van der Waals surface area (Å²) in [4.78, 5) is 30.6. The van der Waals surface area contributed by atoms with Gasteiger partial charge in [-0.2, -0.15) is 0 Å². The second-order valence-electron chi connectivity index (χ2n) is 1.63. The predicted molar refractivity (Wildman–Crippen MR) is 32.6 cm³/mol. The molecule has 1 unspecified atom stereocenters. The quantitative estimate of drug-likeness (QED) is 0.169. The van der Waals surface area contributed by atoms with E-state index in [-0.39, 0.29) is 0 Å². The van der Waals surface area contributed by atoms with E-state index in [1.54, 1.807) is 5.43 Å². The summed E-state index contributed by atoms with van der Waals surface area (Å²) in [6.07, 6.45) is 0. The minimum absolute atomic E-state index is 0.627. The third-order valence-electron chi connectivity index (χ3n) is 0.881. The highest BCUT2D eigenvalue weighted by Gasteiger charge is 2.22. The number of amides is 1. The summed E-state index contributed by atoms with van der Waals surface area (Å²) in [7, 11) is 0. The van der Waals surface area contributed by atoms with E-state index < -0.39 is 17.7 Å². The molecule has 1 atom stereocenters. The molecule has 6 nitrogen and oxygen atoms in total. The van der Waals surface area contributed by atoms with Gasteiger partial charge >= 0.3 is 0 Å². The lowest BCUT2D eigenvalue weighted by molar-refractivity contribution is -0.129. The van der Waals surface area contributed by atoms with E-state index >= 15 is 0 Å². The molecule has 0 bridgehead atoms. The van der Waals surface area contributed by atoms with E-state index in [2.05, 4.69) is 11.0 Å². The average Bonchev–Trinajstić information content (AvgIpc) is 1.88. The summed E-state index contributed by atoms with van der Waals surface area (Å²) < 4.78 is 0. The summed E-state index contributed by atoms with van der Waals surface area (Å²) in [5, 5.41) is 2.27. The van der Waals surface area contributed by atoms with Crippen LogP contribution in [-0.2, 0) is 9.59 Å². The Bertz CT molecular complexity index is 167. The molecule has 0 aliphatic heterocycles. The lowest BCUT2D eigenvalue weighted by Gasteiger charge is -2.00. The molecule has 0 saturated heterocycles. The molecular formula is C4H7N3O3. The largest absolute Gasteiger partial charge is 0.297 e. The first-order valence-corrected chi connectivity index (χ1v) is 2.47. The number of carbonyl (C=O) groups is 2. The van der Waals surface area contributed by atoms with Crippen molar-refractivity contribution in [2.45, 2.75) is 13.0 Å². The van der Waals surface area contributed by atoms with Crippen LogP contribution in [-0.4, -0.2) is 17.7 Å². The number of carbonyl (C=O) groups excluding carboxylic acids is 2. The number of ketones is 1. The minimum atomic E-state index is -1.51. The number of hydrazine groups is 1. The fourth-order valence-electron chi connectivity index (χ4n) is 0.386. The number of nitrogens with two attached hydrogens (primary N) is 1. The van der Waals surface area contributed by atoms with Crippen molar-refractivity contribution < 1.29 is 9.59 Å². The van der Waals surface area contributed by atoms with Crippen molar-refractivity contribution in [1.29, 1.82) is 0 Å². The van der Waals surface area contributed by atoms with Crippen LogP contribution in [0.5, 0.6) is 0 Å². The van der Waals surface area contributed by atoms with Crippen molar-refractivity contribution in [2.75, 3.05) is 0 Å². The van der Waals surface area contributed by atoms with Crippen LogP contribution in [0.2, 0.25) is 0 Å². The van der Waals surface area contributed by atoms with Crippen molar-refractivity contribution in [3.63, 3.8) is 0 Å². The van der Waals surface area contributed by atoms with Crippen molar-refractivity contribution in [2.24, 2.45) is 11.0 Å². The number of nitrogens with zero attached hydrogens (tertiary/aromatic N) is 1. The number of rotatable bonds is 3. The maximum Gasteiger partial charge on any atom is 0.270 e. The summed E-state index contributed by atoms with van der Waals surface area (Å²) >= 11 is 0. The summed E-state index contributed by atoms with van der Waals surface area (Å²) in [5.41, 5.74) is 1.64. The van der Waals surface area contributed by atoms with Gasteiger partial charge in [-0.15, -0.1) is 4.91 Å². The van der Waals surface area contributed by atoms with Gasteiger partial charge in [0.05, 0.1) is 0 Å². The van der Waals surface area contributed by atoms with Gasteiger partial charge in [-0.3, -0.25) is 15.0 Å². The van der Waals surface area contributed by atoms with Gasteiger partial charge in [-0.25, -0.2) is 5.84 Å². The SMILES string of the molecule is CC(=O)C(N=O)C(=O)NN. The molecule has 0 aromatic rings. The highest BCUT2D eigenvalue weighted by Crippen LogP contribution is 1.90. The van der Waals surface area contributed by atoms with E-state index in [9.17, 15) is 14.5 Å². The van der Waals surface area contributed by atoms with Gasteiger partial charge in [0.1, 0.15) is 0 Å². The highest BCUT2D eigenvalue weighted by atomic mass is 16.3. The maximum atomic E-state index is 10.4. The van der Waals surface area contributed by atoms with Gasteiger partial charge in [-0.05, 0) is 12.1 Å². The normalized spacial score (nSPS) is 11.8. The van der Waals surface area contributed by atoms with E-state index in [4.69, 9.17) is 0 Å². The van der Waals surface area contributed by atoms with Gasteiger partial charge in [-0.1, -0.05) is 0 Å². The minimum Gasteiger partial charge on any atom is -0.297 e. The second-order valence-corrected chi connectivity index (χ2v) is 1.63. The highest BCUT2D eigenvalue weighted by molar-refractivity contribution is 6.04. The van der Waals surface area contributed by atoms with E-state index in [0.29, 0.717) is 0 Å². The van der Waals surface area contributed by atoms with E-state index in [1.807, 2.05) is 0 Å². The number of hydrogen-bond acceptors (Lipinski definition) is 5. The van der Waals surface area contributed by atoms with Crippen LogP contribution >= 0.6 is 0 Å². The first kappa shape index (κ1) is 8.70. The molecule has 10 heavy (non-hydrogen) atoms. The molecule has 0 saturated carbocycles. The Morgan fingerprint density at radius 3 is 2.20 bits per heavy atom. The Kier molecular flexibility index (Phi) is 3.20. The van der Waals surface area contributed by atoms with Crippen LogP contribution in [0.1, 0.15) is 6.92 Å². The molecule has 0 fully saturated rings. The molecule has 0 spiro atoms. The molecule has 3 N–H and O–H groups in total. The van der Waals surface area contributed by atoms with Gasteiger partial charge in [0.15, 0.2) is 5.78 Å². The first-order valence-electron chi connectivity index (χ1n) is 2.47. The smallest absolute Gasteiger partial charge is 0.270 e. The molecule has 1 amide bonds. The third-order valence-corrected chi connectivity index (χ3v) is 0.881. The number of nitroso groups, excluding NO2 is 1. The molecule has 0 aromatic heterocycles. The van der Waals surface area contributed by atoms with Crippen LogP contribution in [0, 0.1) is 4.91 Å². The number of nitrogens with one attached hydrogen (secondary N) is 1. The zero-order valence-electron chi connectivity index (χ0n) is 5.33. The molecule has 0 radical (unpaired) electrons. The molecule has 56 valence electrons. The molecule has 0 rings (SSSR count). The van der Waals surface area contributed by atoms with Gasteiger partial charge < -0.3 is 0 Å². The van der Waals surface area contributed by atoms with Gasteiger partial charge in [0.25, 0.3) is 5.91 Å². The zero-order chi connectivity index (χ0) is 8.15. The molecule has 0 aromatic carbocycles.